The van der Waals surface area contributed by atoms with Crippen molar-refractivity contribution in [3.63, 3.8) is 0 Å². The van der Waals surface area contributed by atoms with Crippen LogP contribution in [0.1, 0.15) is 56.7 Å². The van der Waals surface area contributed by atoms with Gasteiger partial charge in [0.05, 0.1) is 5.69 Å². The first-order chi connectivity index (χ1) is 9.68. The topological polar surface area (TPSA) is 51.3 Å². The lowest BCUT2D eigenvalue weighted by molar-refractivity contribution is 0.342. The first-order valence-electron chi connectivity index (χ1n) is 7.95. The van der Waals surface area contributed by atoms with Crippen molar-refractivity contribution >= 4 is 11.4 Å². The van der Waals surface area contributed by atoms with E-state index in [0.29, 0.717) is 11.7 Å². The predicted molar refractivity (Wildman–Crippen MR) is 83.4 cm³/mol. The summed E-state index contributed by atoms with van der Waals surface area (Å²) >= 11 is 0. The largest absolute Gasteiger partial charge is 0.393 e. The highest BCUT2D eigenvalue weighted by Crippen LogP contribution is 2.31. The zero-order valence-corrected chi connectivity index (χ0v) is 12.4. The Balaban J connectivity index is 2.00. The van der Waals surface area contributed by atoms with Gasteiger partial charge < -0.3 is 15.2 Å². The number of pyridine rings is 1. The Kier molecular flexibility index (Phi) is 3.72. The van der Waals surface area contributed by atoms with Gasteiger partial charge in [-0.2, -0.15) is 0 Å². The van der Waals surface area contributed by atoms with Gasteiger partial charge in [0.25, 0.3) is 5.56 Å². The lowest BCUT2D eigenvalue weighted by Gasteiger charge is -2.28. The Morgan fingerprint density at radius 3 is 2.40 bits per heavy atom. The molecule has 1 aliphatic heterocycles. The Morgan fingerprint density at radius 2 is 1.75 bits per heavy atom. The lowest BCUT2D eigenvalue weighted by atomic mass is 9.95. The molecular formula is C16H25N3O. The maximum absolute atomic E-state index is 12.7. The van der Waals surface area contributed by atoms with E-state index >= 15 is 0 Å². The minimum absolute atomic E-state index is 0.0267. The zero-order chi connectivity index (χ0) is 14.1. The van der Waals surface area contributed by atoms with Gasteiger partial charge in [0, 0.05) is 24.8 Å². The fourth-order valence-corrected chi connectivity index (χ4v) is 3.76. The third-order valence-electron chi connectivity index (χ3n) is 4.84. The summed E-state index contributed by atoms with van der Waals surface area (Å²) in [4.78, 5) is 14.9. The van der Waals surface area contributed by atoms with Gasteiger partial charge in [-0.25, -0.2) is 0 Å². The summed E-state index contributed by atoms with van der Waals surface area (Å²) in [6.45, 7) is 4.10. The normalized spacial score (nSPS) is 20.6. The highest BCUT2D eigenvalue weighted by Gasteiger charge is 2.23. The van der Waals surface area contributed by atoms with Crippen LogP contribution in [0.3, 0.4) is 0 Å². The number of aromatic nitrogens is 1. The second-order valence-corrected chi connectivity index (χ2v) is 6.25. The number of hydrogen-bond donors (Lipinski definition) is 1. The molecule has 0 radical (unpaired) electrons. The van der Waals surface area contributed by atoms with Gasteiger partial charge in [-0.05, 0) is 38.7 Å². The molecule has 2 N–H and O–H groups in total. The average Bonchev–Trinajstić information content (AvgIpc) is 2.98. The monoisotopic (exact) mass is 275 g/mol. The summed E-state index contributed by atoms with van der Waals surface area (Å²) in [6.07, 6.45) is 8.38. The van der Waals surface area contributed by atoms with Crippen LogP contribution >= 0.6 is 0 Å². The summed E-state index contributed by atoms with van der Waals surface area (Å²) in [7, 11) is 0. The second-order valence-electron chi connectivity index (χ2n) is 6.25. The van der Waals surface area contributed by atoms with Crippen LogP contribution in [0.4, 0.5) is 11.4 Å². The van der Waals surface area contributed by atoms with Crippen LogP contribution in [0.5, 0.6) is 0 Å². The van der Waals surface area contributed by atoms with Crippen LogP contribution in [0.25, 0.3) is 0 Å². The Labute approximate surface area is 120 Å². The molecule has 2 aliphatic rings. The van der Waals surface area contributed by atoms with Crippen molar-refractivity contribution in [3.8, 4) is 0 Å². The van der Waals surface area contributed by atoms with E-state index < -0.39 is 0 Å². The number of anilines is 2. The SMILES string of the molecule is Cc1cc(N2CCCC2)c(N)c(=O)n1C1CCCCC1. The van der Waals surface area contributed by atoms with Crippen molar-refractivity contribution in [2.45, 2.75) is 57.9 Å². The second kappa shape index (κ2) is 5.51. The van der Waals surface area contributed by atoms with Crippen LogP contribution in [-0.4, -0.2) is 17.7 Å². The van der Waals surface area contributed by atoms with Gasteiger partial charge in [0.2, 0.25) is 0 Å². The fraction of sp³-hybridized carbons (Fsp3) is 0.688. The quantitative estimate of drug-likeness (QED) is 0.903. The molecule has 0 atom stereocenters. The Morgan fingerprint density at radius 1 is 1.10 bits per heavy atom. The molecule has 3 rings (SSSR count). The molecular weight excluding hydrogens is 250 g/mol. The van der Waals surface area contributed by atoms with Crippen molar-refractivity contribution < 1.29 is 0 Å². The number of hydrogen-bond acceptors (Lipinski definition) is 3. The first-order valence-corrected chi connectivity index (χ1v) is 7.95. The molecule has 0 amide bonds. The van der Waals surface area contributed by atoms with Crippen molar-refractivity contribution in [3.05, 3.63) is 22.1 Å². The van der Waals surface area contributed by atoms with E-state index in [0.717, 1.165) is 37.3 Å². The molecule has 1 aliphatic carbocycles. The molecule has 0 unspecified atom stereocenters. The predicted octanol–water partition coefficient (Wildman–Crippen LogP) is 2.84. The summed E-state index contributed by atoms with van der Waals surface area (Å²) in [5, 5.41) is 0. The van der Waals surface area contributed by atoms with Crippen molar-refractivity contribution in [1.82, 2.24) is 4.57 Å². The number of rotatable bonds is 2. The van der Waals surface area contributed by atoms with Gasteiger partial charge in [-0.15, -0.1) is 0 Å². The van der Waals surface area contributed by atoms with Crippen molar-refractivity contribution in [1.29, 1.82) is 0 Å². The molecule has 1 aromatic rings. The number of nitrogen functional groups attached to an aromatic ring is 1. The Bertz CT molecular complexity index is 537. The number of nitrogens with zero attached hydrogens (tertiary/aromatic N) is 2. The molecule has 20 heavy (non-hydrogen) atoms. The van der Waals surface area contributed by atoms with Crippen molar-refractivity contribution in [2.24, 2.45) is 0 Å². The van der Waals surface area contributed by atoms with Gasteiger partial charge >= 0.3 is 0 Å². The van der Waals surface area contributed by atoms with Crippen molar-refractivity contribution in [2.75, 3.05) is 23.7 Å². The third-order valence-corrected chi connectivity index (χ3v) is 4.84. The summed E-state index contributed by atoms with van der Waals surface area (Å²) in [5.74, 6) is 0. The van der Waals surface area contributed by atoms with E-state index in [9.17, 15) is 4.79 Å². The maximum atomic E-state index is 12.7. The molecule has 4 heteroatoms. The minimum atomic E-state index is 0.0267. The first kappa shape index (κ1) is 13.5. The summed E-state index contributed by atoms with van der Waals surface area (Å²) in [5.41, 5.74) is 8.66. The van der Waals surface area contributed by atoms with Crippen LogP contribution in [-0.2, 0) is 0 Å². The number of aryl methyl sites for hydroxylation is 1. The molecule has 1 aromatic heterocycles. The van der Waals surface area contributed by atoms with Crippen LogP contribution in [0.15, 0.2) is 10.9 Å². The average molecular weight is 275 g/mol. The molecule has 0 aromatic carbocycles. The van der Waals surface area contributed by atoms with E-state index in [1.807, 2.05) is 4.57 Å². The van der Waals surface area contributed by atoms with Gasteiger partial charge in [-0.1, -0.05) is 19.3 Å². The number of nitrogens with two attached hydrogens (primary N) is 1. The van der Waals surface area contributed by atoms with Crippen LogP contribution < -0.4 is 16.2 Å². The Hall–Kier alpha value is -1.45. The molecule has 1 saturated carbocycles. The van der Waals surface area contributed by atoms with E-state index in [2.05, 4.69) is 17.9 Å². The molecule has 0 bridgehead atoms. The van der Waals surface area contributed by atoms with Crippen LogP contribution in [0.2, 0.25) is 0 Å². The van der Waals surface area contributed by atoms with E-state index in [1.165, 1.54) is 32.1 Å². The van der Waals surface area contributed by atoms with Gasteiger partial charge in [-0.3, -0.25) is 4.79 Å². The lowest BCUT2D eigenvalue weighted by Crippen LogP contribution is -2.32. The molecule has 110 valence electrons. The minimum Gasteiger partial charge on any atom is -0.393 e. The maximum Gasteiger partial charge on any atom is 0.276 e. The van der Waals surface area contributed by atoms with Gasteiger partial charge in [0.15, 0.2) is 0 Å². The third kappa shape index (κ3) is 2.32. The molecule has 2 heterocycles. The fourth-order valence-electron chi connectivity index (χ4n) is 3.76. The summed E-state index contributed by atoms with van der Waals surface area (Å²) < 4.78 is 1.95. The highest BCUT2D eigenvalue weighted by molar-refractivity contribution is 5.67. The van der Waals surface area contributed by atoms with E-state index in [1.54, 1.807) is 0 Å². The summed E-state index contributed by atoms with van der Waals surface area (Å²) in [6, 6.07) is 2.47. The molecule has 2 fully saturated rings. The smallest absolute Gasteiger partial charge is 0.276 e. The molecule has 4 nitrogen and oxygen atoms in total. The zero-order valence-electron chi connectivity index (χ0n) is 12.4. The van der Waals surface area contributed by atoms with Crippen LogP contribution in [0, 0.1) is 6.92 Å². The van der Waals surface area contributed by atoms with E-state index in [4.69, 9.17) is 5.73 Å². The van der Waals surface area contributed by atoms with E-state index in [-0.39, 0.29) is 5.56 Å². The highest BCUT2D eigenvalue weighted by atomic mass is 16.1. The van der Waals surface area contributed by atoms with Gasteiger partial charge in [0.1, 0.15) is 5.69 Å². The molecule has 1 saturated heterocycles. The standard InChI is InChI=1S/C16H25N3O/c1-12-11-14(18-9-5-6-10-18)15(17)16(20)19(12)13-7-3-2-4-8-13/h11,13H,2-10,17H2,1H3. The molecule has 0 spiro atoms.